The Labute approximate surface area is 127 Å². The van der Waals surface area contributed by atoms with Gasteiger partial charge in [0.2, 0.25) is 10.0 Å². The lowest BCUT2D eigenvalue weighted by atomic mass is 10.3. The van der Waals surface area contributed by atoms with Crippen molar-refractivity contribution in [3.63, 3.8) is 0 Å². The molecular weight excluding hydrogens is 318 g/mol. The zero-order valence-electron chi connectivity index (χ0n) is 11.9. The van der Waals surface area contributed by atoms with E-state index in [4.69, 9.17) is 4.74 Å². The molecule has 0 saturated heterocycles. The SMILES string of the molecule is CCOC(=O)CC(C)NS(=O)(=O)c1ccsc1C(=O)OC. The van der Waals surface area contributed by atoms with Crippen LogP contribution in [-0.4, -0.2) is 40.1 Å². The van der Waals surface area contributed by atoms with Crippen LogP contribution in [0.15, 0.2) is 16.3 Å². The smallest absolute Gasteiger partial charge is 0.349 e. The Balaban J connectivity index is 2.85. The van der Waals surface area contributed by atoms with E-state index in [9.17, 15) is 18.0 Å². The Hall–Kier alpha value is -1.45. The lowest BCUT2D eigenvalue weighted by molar-refractivity contribution is -0.143. The van der Waals surface area contributed by atoms with Crippen molar-refractivity contribution < 1.29 is 27.5 Å². The Bertz CT molecular complexity index is 607. The summed E-state index contributed by atoms with van der Waals surface area (Å²) in [6, 6.07) is 0.663. The molecule has 0 amide bonds. The van der Waals surface area contributed by atoms with Crippen LogP contribution in [0.1, 0.15) is 29.9 Å². The zero-order valence-corrected chi connectivity index (χ0v) is 13.5. The van der Waals surface area contributed by atoms with Crippen molar-refractivity contribution in [1.82, 2.24) is 4.72 Å². The van der Waals surface area contributed by atoms with Crippen LogP contribution in [0.25, 0.3) is 0 Å². The number of sulfonamides is 1. The van der Waals surface area contributed by atoms with E-state index in [0.29, 0.717) is 0 Å². The van der Waals surface area contributed by atoms with Gasteiger partial charge in [-0.25, -0.2) is 17.9 Å². The number of hydrogen-bond acceptors (Lipinski definition) is 7. The number of carbonyl (C=O) groups is 2. The number of nitrogens with one attached hydrogen (secondary N) is 1. The first kappa shape index (κ1) is 17.6. The van der Waals surface area contributed by atoms with E-state index in [-0.39, 0.29) is 22.8 Å². The van der Waals surface area contributed by atoms with E-state index in [1.165, 1.54) is 18.6 Å². The quantitative estimate of drug-likeness (QED) is 0.751. The molecule has 1 unspecified atom stereocenters. The molecule has 0 aliphatic rings. The molecule has 1 aromatic heterocycles. The van der Waals surface area contributed by atoms with Crippen LogP contribution in [0.4, 0.5) is 0 Å². The summed E-state index contributed by atoms with van der Waals surface area (Å²) in [5, 5.41) is 1.48. The van der Waals surface area contributed by atoms with Crippen LogP contribution in [0, 0.1) is 0 Å². The number of thiophene rings is 1. The molecule has 0 aromatic carbocycles. The molecule has 0 bridgehead atoms. The fourth-order valence-corrected chi connectivity index (χ4v) is 4.17. The molecule has 1 rings (SSSR count). The molecule has 1 atom stereocenters. The summed E-state index contributed by atoms with van der Waals surface area (Å²) >= 11 is 0.973. The minimum Gasteiger partial charge on any atom is -0.466 e. The van der Waals surface area contributed by atoms with Crippen LogP contribution in [0.5, 0.6) is 0 Å². The summed E-state index contributed by atoms with van der Waals surface area (Å²) in [6.07, 6.45) is -0.0925. The molecule has 21 heavy (non-hydrogen) atoms. The molecule has 0 aliphatic heterocycles. The van der Waals surface area contributed by atoms with Gasteiger partial charge in [-0.2, -0.15) is 0 Å². The van der Waals surface area contributed by atoms with Crippen molar-refractivity contribution >= 4 is 33.3 Å². The highest BCUT2D eigenvalue weighted by Gasteiger charge is 2.26. The second-order valence-corrected chi connectivity index (χ2v) is 6.74. The van der Waals surface area contributed by atoms with E-state index < -0.39 is 28.0 Å². The molecular formula is C12H17NO6S2. The summed E-state index contributed by atoms with van der Waals surface area (Å²) in [7, 11) is -2.73. The Morgan fingerprint density at radius 1 is 1.43 bits per heavy atom. The fraction of sp³-hybridized carbons (Fsp3) is 0.500. The van der Waals surface area contributed by atoms with Crippen LogP contribution >= 0.6 is 11.3 Å². The third kappa shape index (κ3) is 4.80. The van der Waals surface area contributed by atoms with Crippen LogP contribution < -0.4 is 4.72 Å². The highest BCUT2D eigenvalue weighted by molar-refractivity contribution is 7.89. The number of methoxy groups -OCH3 is 1. The van der Waals surface area contributed by atoms with Gasteiger partial charge in [0.1, 0.15) is 9.77 Å². The summed E-state index contributed by atoms with van der Waals surface area (Å²) in [4.78, 5) is 22.7. The summed E-state index contributed by atoms with van der Waals surface area (Å²) in [6.45, 7) is 3.44. The average molecular weight is 335 g/mol. The average Bonchev–Trinajstić information content (AvgIpc) is 2.87. The molecule has 9 heteroatoms. The van der Waals surface area contributed by atoms with E-state index in [2.05, 4.69) is 9.46 Å². The highest BCUT2D eigenvalue weighted by Crippen LogP contribution is 2.23. The maximum atomic E-state index is 12.2. The van der Waals surface area contributed by atoms with E-state index in [1.54, 1.807) is 13.8 Å². The molecule has 7 nitrogen and oxygen atoms in total. The number of hydrogen-bond donors (Lipinski definition) is 1. The number of carbonyl (C=O) groups excluding carboxylic acids is 2. The van der Waals surface area contributed by atoms with Crippen molar-refractivity contribution in [2.45, 2.75) is 31.2 Å². The lowest BCUT2D eigenvalue weighted by Crippen LogP contribution is -2.35. The second-order valence-electron chi connectivity index (χ2n) is 4.14. The molecule has 1 N–H and O–H groups in total. The Morgan fingerprint density at radius 3 is 2.67 bits per heavy atom. The van der Waals surface area contributed by atoms with Gasteiger partial charge in [-0.1, -0.05) is 0 Å². The fourth-order valence-electron chi connectivity index (χ4n) is 1.59. The van der Waals surface area contributed by atoms with Gasteiger partial charge < -0.3 is 9.47 Å². The zero-order chi connectivity index (χ0) is 16.0. The number of ether oxygens (including phenoxy) is 2. The molecule has 1 heterocycles. The van der Waals surface area contributed by atoms with Gasteiger partial charge in [0.05, 0.1) is 20.1 Å². The third-order valence-electron chi connectivity index (χ3n) is 2.42. The predicted molar refractivity (Wildman–Crippen MR) is 76.7 cm³/mol. The molecule has 0 radical (unpaired) electrons. The summed E-state index contributed by atoms with van der Waals surface area (Å²) in [5.41, 5.74) is 0. The van der Waals surface area contributed by atoms with Gasteiger partial charge >= 0.3 is 11.9 Å². The highest BCUT2D eigenvalue weighted by atomic mass is 32.2. The number of rotatable bonds is 7. The normalized spacial score (nSPS) is 12.7. The maximum Gasteiger partial charge on any atom is 0.349 e. The largest absolute Gasteiger partial charge is 0.466 e. The summed E-state index contributed by atoms with van der Waals surface area (Å²) in [5.74, 6) is -1.21. The first-order valence-electron chi connectivity index (χ1n) is 6.15. The van der Waals surface area contributed by atoms with Crippen molar-refractivity contribution in [2.24, 2.45) is 0 Å². The van der Waals surface area contributed by atoms with Crippen molar-refractivity contribution in [1.29, 1.82) is 0 Å². The van der Waals surface area contributed by atoms with Gasteiger partial charge in [-0.05, 0) is 25.3 Å². The topological polar surface area (TPSA) is 98.8 Å². The standard InChI is InChI=1S/C12H17NO6S2/c1-4-19-10(14)7-8(2)13-21(16,17)9-5-6-20-11(9)12(15)18-3/h5-6,8,13H,4,7H2,1-3H3. The molecule has 1 aromatic rings. The first-order chi connectivity index (χ1) is 9.81. The molecule has 118 valence electrons. The van der Waals surface area contributed by atoms with Gasteiger partial charge in [-0.15, -0.1) is 11.3 Å². The lowest BCUT2D eigenvalue weighted by Gasteiger charge is -2.13. The molecule has 0 aliphatic carbocycles. The van der Waals surface area contributed by atoms with E-state index >= 15 is 0 Å². The van der Waals surface area contributed by atoms with Gasteiger partial charge in [0, 0.05) is 6.04 Å². The van der Waals surface area contributed by atoms with E-state index in [0.717, 1.165) is 11.3 Å². The minimum atomic E-state index is -3.91. The minimum absolute atomic E-state index is 0.00617. The van der Waals surface area contributed by atoms with Crippen molar-refractivity contribution in [2.75, 3.05) is 13.7 Å². The van der Waals surface area contributed by atoms with Crippen molar-refractivity contribution in [3.8, 4) is 0 Å². The Morgan fingerprint density at radius 2 is 2.10 bits per heavy atom. The maximum absolute atomic E-state index is 12.2. The van der Waals surface area contributed by atoms with E-state index in [1.807, 2.05) is 0 Å². The number of esters is 2. The molecule has 0 fully saturated rings. The van der Waals surface area contributed by atoms with Crippen LogP contribution in [0.2, 0.25) is 0 Å². The molecule has 0 spiro atoms. The predicted octanol–water partition coefficient (Wildman–Crippen LogP) is 1.15. The monoisotopic (exact) mass is 335 g/mol. The Kier molecular flexibility index (Phi) is 6.31. The van der Waals surface area contributed by atoms with Crippen LogP contribution in [-0.2, 0) is 24.3 Å². The van der Waals surface area contributed by atoms with Gasteiger partial charge in [-0.3, -0.25) is 4.79 Å². The third-order valence-corrected chi connectivity index (χ3v) is 5.08. The first-order valence-corrected chi connectivity index (χ1v) is 8.51. The van der Waals surface area contributed by atoms with Gasteiger partial charge in [0.15, 0.2) is 0 Å². The second kappa shape index (κ2) is 7.53. The summed E-state index contributed by atoms with van der Waals surface area (Å²) < 4.78 is 36.1. The molecule has 0 saturated carbocycles. The van der Waals surface area contributed by atoms with Crippen molar-refractivity contribution in [3.05, 3.63) is 16.3 Å². The van der Waals surface area contributed by atoms with Crippen LogP contribution in [0.3, 0.4) is 0 Å². The van der Waals surface area contributed by atoms with Gasteiger partial charge in [0.25, 0.3) is 0 Å².